The first-order valence-corrected chi connectivity index (χ1v) is 7.49. The van der Waals surface area contributed by atoms with Gasteiger partial charge in [-0.25, -0.2) is 4.98 Å². The molecule has 0 saturated heterocycles. The van der Waals surface area contributed by atoms with Gasteiger partial charge in [0.25, 0.3) is 5.91 Å². The molecule has 0 aromatic carbocycles. The van der Waals surface area contributed by atoms with Crippen molar-refractivity contribution in [2.75, 3.05) is 18.6 Å². The SMILES string of the molecule is CCSCC[C@H](C)N(C)C(=O)c1cscn1. The van der Waals surface area contributed by atoms with E-state index in [4.69, 9.17) is 0 Å². The number of aromatic nitrogens is 1. The number of amides is 1. The first-order valence-electron chi connectivity index (χ1n) is 5.40. The fourth-order valence-electron chi connectivity index (χ4n) is 1.29. The van der Waals surface area contributed by atoms with Gasteiger partial charge in [0, 0.05) is 18.5 Å². The van der Waals surface area contributed by atoms with Gasteiger partial charge in [0.2, 0.25) is 0 Å². The Morgan fingerprint density at radius 3 is 3.00 bits per heavy atom. The van der Waals surface area contributed by atoms with Gasteiger partial charge < -0.3 is 4.90 Å². The maximum absolute atomic E-state index is 11.9. The summed E-state index contributed by atoms with van der Waals surface area (Å²) >= 11 is 3.37. The molecule has 1 aromatic heterocycles. The van der Waals surface area contributed by atoms with Gasteiger partial charge in [0.1, 0.15) is 5.69 Å². The first kappa shape index (κ1) is 13.5. The maximum Gasteiger partial charge on any atom is 0.273 e. The van der Waals surface area contributed by atoms with Crippen LogP contribution in [-0.2, 0) is 0 Å². The van der Waals surface area contributed by atoms with Crippen LogP contribution in [-0.4, -0.2) is 40.4 Å². The molecule has 1 heterocycles. The highest BCUT2D eigenvalue weighted by Crippen LogP contribution is 2.11. The van der Waals surface area contributed by atoms with E-state index >= 15 is 0 Å². The molecule has 0 aliphatic rings. The molecule has 16 heavy (non-hydrogen) atoms. The van der Waals surface area contributed by atoms with Crippen LogP contribution in [0.4, 0.5) is 0 Å². The van der Waals surface area contributed by atoms with E-state index in [1.165, 1.54) is 11.3 Å². The molecular formula is C11H18N2OS2. The minimum Gasteiger partial charge on any atom is -0.338 e. The summed E-state index contributed by atoms with van der Waals surface area (Å²) in [5, 5.41) is 1.80. The molecular weight excluding hydrogens is 240 g/mol. The van der Waals surface area contributed by atoms with E-state index in [-0.39, 0.29) is 11.9 Å². The molecule has 0 fully saturated rings. The Hall–Kier alpha value is -0.550. The zero-order valence-corrected chi connectivity index (χ0v) is 11.6. The van der Waals surface area contributed by atoms with Crippen molar-refractivity contribution in [3.8, 4) is 0 Å². The van der Waals surface area contributed by atoms with Gasteiger partial charge in [0.15, 0.2) is 0 Å². The van der Waals surface area contributed by atoms with Gasteiger partial charge in [-0.15, -0.1) is 11.3 Å². The third-order valence-corrected chi connectivity index (χ3v) is 4.04. The fourth-order valence-corrected chi connectivity index (χ4v) is 2.61. The standard InChI is InChI=1S/C11H18N2OS2/c1-4-15-6-5-9(2)13(3)11(14)10-7-16-8-12-10/h7-9H,4-6H2,1-3H3/t9-/m0/s1. The fraction of sp³-hybridized carbons (Fsp3) is 0.636. The number of carbonyl (C=O) groups excluding carboxylic acids is 1. The van der Waals surface area contributed by atoms with Crippen molar-refractivity contribution in [2.24, 2.45) is 0 Å². The van der Waals surface area contributed by atoms with E-state index in [0.29, 0.717) is 5.69 Å². The largest absolute Gasteiger partial charge is 0.338 e. The molecule has 0 unspecified atom stereocenters. The molecule has 0 N–H and O–H groups in total. The Bertz CT molecular complexity index is 314. The van der Waals surface area contributed by atoms with Gasteiger partial charge in [0.05, 0.1) is 5.51 Å². The molecule has 0 saturated carbocycles. The lowest BCUT2D eigenvalue weighted by atomic mass is 10.2. The molecule has 0 bridgehead atoms. The second-order valence-electron chi connectivity index (χ2n) is 3.62. The molecule has 0 spiro atoms. The number of rotatable bonds is 6. The smallest absolute Gasteiger partial charge is 0.273 e. The van der Waals surface area contributed by atoms with Crippen molar-refractivity contribution in [1.29, 1.82) is 0 Å². The van der Waals surface area contributed by atoms with E-state index in [1.54, 1.807) is 15.8 Å². The predicted molar refractivity (Wildman–Crippen MR) is 71.3 cm³/mol. The van der Waals surface area contributed by atoms with E-state index in [2.05, 4.69) is 18.8 Å². The van der Waals surface area contributed by atoms with E-state index in [0.717, 1.165) is 17.9 Å². The van der Waals surface area contributed by atoms with Gasteiger partial charge in [-0.05, 0) is 24.9 Å². The highest BCUT2D eigenvalue weighted by Gasteiger charge is 2.18. The Kier molecular flexibility index (Phi) is 5.84. The molecule has 1 amide bonds. The van der Waals surface area contributed by atoms with E-state index < -0.39 is 0 Å². The van der Waals surface area contributed by atoms with Gasteiger partial charge in [-0.3, -0.25) is 4.79 Å². The molecule has 1 rings (SSSR count). The Labute approximate surface area is 105 Å². The van der Waals surface area contributed by atoms with E-state index in [1.807, 2.05) is 18.8 Å². The average molecular weight is 258 g/mol. The van der Waals surface area contributed by atoms with Crippen molar-refractivity contribution in [3.63, 3.8) is 0 Å². The summed E-state index contributed by atoms with van der Waals surface area (Å²) in [6.07, 6.45) is 1.03. The second kappa shape index (κ2) is 6.91. The number of thiazole rings is 1. The normalized spacial score (nSPS) is 12.4. The molecule has 1 aromatic rings. The number of hydrogen-bond acceptors (Lipinski definition) is 4. The summed E-state index contributed by atoms with van der Waals surface area (Å²) in [6.45, 7) is 4.24. The van der Waals surface area contributed by atoms with Crippen molar-refractivity contribution in [1.82, 2.24) is 9.88 Å². The van der Waals surface area contributed by atoms with Crippen LogP contribution in [0.3, 0.4) is 0 Å². The third-order valence-electron chi connectivity index (χ3n) is 2.52. The zero-order chi connectivity index (χ0) is 12.0. The van der Waals surface area contributed by atoms with Crippen molar-refractivity contribution < 1.29 is 4.79 Å². The number of carbonyl (C=O) groups is 1. The highest BCUT2D eigenvalue weighted by atomic mass is 32.2. The van der Waals surface area contributed by atoms with Crippen molar-refractivity contribution in [3.05, 3.63) is 16.6 Å². The van der Waals surface area contributed by atoms with Crippen LogP contribution in [0.2, 0.25) is 0 Å². The molecule has 0 aliphatic heterocycles. The average Bonchev–Trinajstić information content (AvgIpc) is 2.80. The molecule has 0 aliphatic carbocycles. The summed E-state index contributed by atoms with van der Waals surface area (Å²) in [5.74, 6) is 2.26. The quantitative estimate of drug-likeness (QED) is 0.736. The number of hydrogen-bond donors (Lipinski definition) is 0. The van der Waals surface area contributed by atoms with Crippen LogP contribution in [0.15, 0.2) is 10.9 Å². The van der Waals surface area contributed by atoms with E-state index in [9.17, 15) is 4.79 Å². The highest BCUT2D eigenvalue weighted by molar-refractivity contribution is 7.99. The molecule has 1 atom stereocenters. The van der Waals surface area contributed by atoms with Crippen LogP contribution in [0.25, 0.3) is 0 Å². The summed E-state index contributed by atoms with van der Waals surface area (Å²) in [7, 11) is 1.85. The summed E-state index contributed by atoms with van der Waals surface area (Å²) in [6, 6.07) is 0.272. The van der Waals surface area contributed by atoms with Crippen LogP contribution in [0.5, 0.6) is 0 Å². The Morgan fingerprint density at radius 1 is 1.69 bits per heavy atom. The lowest BCUT2D eigenvalue weighted by molar-refractivity contribution is 0.0736. The Balaban J connectivity index is 2.44. The third kappa shape index (κ3) is 3.79. The van der Waals surface area contributed by atoms with Crippen LogP contribution in [0.1, 0.15) is 30.8 Å². The lowest BCUT2D eigenvalue weighted by Crippen LogP contribution is -2.35. The summed E-state index contributed by atoms with van der Waals surface area (Å²) in [4.78, 5) is 17.8. The molecule has 0 radical (unpaired) electrons. The van der Waals surface area contributed by atoms with Gasteiger partial charge in [-0.1, -0.05) is 6.92 Å². The summed E-state index contributed by atoms with van der Waals surface area (Å²) in [5.41, 5.74) is 2.25. The Morgan fingerprint density at radius 2 is 2.44 bits per heavy atom. The number of thioether (sulfide) groups is 1. The van der Waals surface area contributed by atoms with Crippen molar-refractivity contribution >= 4 is 29.0 Å². The molecule has 90 valence electrons. The van der Waals surface area contributed by atoms with Crippen molar-refractivity contribution in [2.45, 2.75) is 26.3 Å². The first-order chi connectivity index (χ1) is 7.66. The summed E-state index contributed by atoms with van der Waals surface area (Å²) < 4.78 is 0. The van der Waals surface area contributed by atoms with Gasteiger partial charge in [-0.2, -0.15) is 11.8 Å². The predicted octanol–water partition coefficient (Wildman–Crippen LogP) is 2.75. The monoisotopic (exact) mass is 258 g/mol. The van der Waals surface area contributed by atoms with Gasteiger partial charge >= 0.3 is 0 Å². The number of nitrogens with zero attached hydrogens (tertiary/aromatic N) is 2. The minimum atomic E-state index is 0.0234. The topological polar surface area (TPSA) is 33.2 Å². The maximum atomic E-state index is 11.9. The molecule has 5 heteroatoms. The zero-order valence-electron chi connectivity index (χ0n) is 9.97. The van der Waals surface area contributed by atoms with Crippen LogP contribution in [0, 0.1) is 0 Å². The van der Waals surface area contributed by atoms with Crippen LogP contribution < -0.4 is 0 Å². The second-order valence-corrected chi connectivity index (χ2v) is 5.74. The minimum absolute atomic E-state index is 0.0234. The lowest BCUT2D eigenvalue weighted by Gasteiger charge is -2.24. The van der Waals surface area contributed by atoms with Crippen LogP contribution >= 0.6 is 23.1 Å². The molecule has 3 nitrogen and oxygen atoms in total.